The van der Waals surface area contributed by atoms with E-state index < -0.39 is 0 Å². The van der Waals surface area contributed by atoms with Crippen LogP contribution in [0.5, 0.6) is 0 Å². The van der Waals surface area contributed by atoms with Crippen LogP contribution in [0.2, 0.25) is 10.0 Å². The van der Waals surface area contributed by atoms with E-state index in [1.807, 2.05) is 12.1 Å². The zero-order valence-electron chi connectivity index (χ0n) is 8.86. The summed E-state index contributed by atoms with van der Waals surface area (Å²) in [7, 11) is 0. The van der Waals surface area contributed by atoms with Crippen molar-refractivity contribution in [2.24, 2.45) is 0 Å². The van der Waals surface area contributed by atoms with Gasteiger partial charge in [-0.25, -0.2) is 0 Å². The molecule has 0 saturated carbocycles. The summed E-state index contributed by atoms with van der Waals surface area (Å²) in [5.41, 5.74) is 1.44. The van der Waals surface area contributed by atoms with Crippen LogP contribution in [0, 0.1) is 0 Å². The first-order valence-corrected chi connectivity index (χ1v) is 5.79. The first-order valence-electron chi connectivity index (χ1n) is 5.03. The standard InChI is InChI=1S/C13H9Cl2NO/c14-11-6-10(7-12(15)8-11)13(17)5-9-1-3-16-4-2-9/h1-4,6-8H,5H2. The minimum absolute atomic E-state index is 0.0133. The predicted octanol–water partition coefficient (Wildman–Crippen LogP) is 3.81. The number of hydrogen-bond donors (Lipinski definition) is 0. The van der Waals surface area contributed by atoms with Crippen molar-refractivity contribution in [1.82, 2.24) is 4.98 Å². The van der Waals surface area contributed by atoms with E-state index in [0.29, 0.717) is 22.0 Å². The van der Waals surface area contributed by atoms with Gasteiger partial charge in [0.15, 0.2) is 5.78 Å². The Kier molecular flexibility index (Phi) is 3.77. The molecule has 0 aliphatic carbocycles. The molecule has 0 aliphatic heterocycles. The topological polar surface area (TPSA) is 30.0 Å². The van der Waals surface area contributed by atoms with Crippen LogP contribution in [0.15, 0.2) is 42.7 Å². The number of Topliss-reactive ketones (excluding diaryl/α,β-unsaturated/α-hetero) is 1. The van der Waals surface area contributed by atoms with Gasteiger partial charge in [0.25, 0.3) is 0 Å². The van der Waals surface area contributed by atoms with Crippen molar-refractivity contribution in [3.05, 3.63) is 63.9 Å². The first kappa shape index (κ1) is 12.1. The van der Waals surface area contributed by atoms with E-state index in [-0.39, 0.29) is 5.78 Å². The highest BCUT2D eigenvalue weighted by Gasteiger charge is 2.08. The highest BCUT2D eigenvalue weighted by atomic mass is 35.5. The minimum Gasteiger partial charge on any atom is -0.294 e. The molecular weight excluding hydrogens is 257 g/mol. The van der Waals surface area contributed by atoms with Crippen LogP contribution >= 0.6 is 23.2 Å². The molecule has 4 heteroatoms. The Hall–Kier alpha value is -1.38. The fraction of sp³-hybridized carbons (Fsp3) is 0.0769. The van der Waals surface area contributed by atoms with E-state index in [9.17, 15) is 4.79 Å². The van der Waals surface area contributed by atoms with Gasteiger partial charge in [0, 0.05) is 34.4 Å². The van der Waals surface area contributed by atoms with Crippen molar-refractivity contribution in [2.75, 3.05) is 0 Å². The van der Waals surface area contributed by atoms with E-state index in [1.54, 1.807) is 30.6 Å². The number of hydrogen-bond acceptors (Lipinski definition) is 2. The van der Waals surface area contributed by atoms with Crippen molar-refractivity contribution in [1.29, 1.82) is 0 Å². The summed E-state index contributed by atoms with van der Waals surface area (Å²) < 4.78 is 0. The predicted molar refractivity (Wildman–Crippen MR) is 68.7 cm³/mol. The van der Waals surface area contributed by atoms with Crippen molar-refractivity contribution in [3.8, 4) is 0 Å². The van der Waals surface area contributed by atoms with E-state index in [0.717, 1.165) is 5.56 Å². The van der Waals surface area contributed by atoms with Crippen LogP contribution in [0.3, 0.4) is 0 Å². The number of nitrogens with zero attached hydrogens (tertiary/aromatic N) is 1. The average Bonchev–Trinajstić information content (AvgIpc) is 2.29. The maximum absolute atomic E-state index is 12.0. The Bertz CT molecular complexity index is 520. The molecule has 0 spiro atoms. The van der Waals surface area contributed by atoms with Gasteiger partial charge in [-0.05, 0) is 35.9 Å². The smallest absolute Gasteiger partial charge is 0.167 e. The number of ketones is 1. The second-order valence-electron chi connectivity index (χ2n) is 3.61. The lowest BCUT2D eigenvalue weighted by atomic mass is 10.0. The molecule has 1 aromatic heterocycles. The van der Waals surface area contributed by atoms with Gasteiger partial charge in [-0.2, -0.15) is 0 Å². The summed E-state index contributed by atoms with van der Waals surface area (Å²) in [4.78, 5) is 15.9. The van der Waals surface area contributed by atoms with Crippen molar-refractivity contribution >= 4 is 29.0 Å². The van der Waals surface area contributed by atoms with E-state index in [4.69, 9.17) is 23.2 Å². The molecule has 86 valence electrons. The average molecular weight is 266 g/mol. The van der Waals surface area contributed by atoms with Crippen molar-refractivity contribution < 1.29 is 4.79 Å². The molecule has 0 fully saturated rings. The number of aromatic nitrogens is 1. The lowest BCUT2D eigenvalue weighted by Crippen LogP contribution is -2.03. The monoisotopic (exact) mass is 265 g/mol. The number of benzene rings is 1. The van der Waals surface area contributed by atoms with Gasteiger partial charge in [0.2, 0.25) is 0 Å². The molecule has 0 radical (unpaired) electrons. The fourth-order valence-corrected chi connectivity index (χ4v) is 2.03. The van der Waals surface area contributed by atoms with E-state index in [1.165, 1.54) is 0 Å². The molecule has 0 amide bonds. The molecule has 0 atom stereocenters. The van der Waals surface area contributed by atoms with Crippen LogP contribution in [0.1, 0.15) is 15.9 Å². The fourth-order valence-electron chi connectivity index (χ4n) is 1.50. The molecule has 17 heavy (non-hydrogen) atoms. The van der Waals surface area contributed by atoms with Gasteiger partial charge in [-0.15, -0.1) is 0 Å². The van der Waals surface area contributed by atoms with Gasteiger partial charge in [-0.3, -0.25) is 9.78 Å². The molecule has 2 rings (SSSR count). The van der Waals surface area contributed by atoms with Gasteiger partial charge < -0.3 is 0 Å². The third-order valence-electron chi connectivity index (χ3n) is 2.30. The molecule has 0 bridgehead atoms. The Morgan fingerprint density at radius 3 is 2.24 bits per heavy atom. The van der Waals surface area contributed by atoms with Crippen molar-refractivity contribution in [2.45, 2.75) is 6.42 Å². The number of carbonyl (C=O) groups is 1. The third kappa shape index (κ3) is 3.29. The summed E-state index contributed by atoms with van der Waals surface area (Å²) in [5, 5.41) is 0.936. The van der Waals surface area contributed by atoms with Crippen LogP contribution in [0.25, 0.3) is 0 Å². The largest absolute Gasteiger partial charge is 0.294 e. The Labute approximate surface area is 109 Å². The van der Waals surface area contributed by atoms with Gasteiger partial charge in [-0.1, -0.05) is 23.2 Å². The quantitative estimate of drug-likeness (QED) is 0.790. The second kappa shape index (κ2) is 5.30. The molecule has 2 aromatic rings. The molecule has 0 aliphatic rings. The lowest BCUT2D eigenvalue weighted by Gasteiger charge is -2.02. The molecule has 0 unspecified atom stereocenters. The summed E-state index contributed by atoms with van der Waals surface area (Å²) in [5.74, 6) is -0.0133. The maximum Gasteiger partial charge on any atom is 0.167 e. The minimum atomic E-state index is -0.0133. The first-order chi connectivity index (χ1) is 8.15. The highest BCUT2D eigenvalue weighted by Crippen LogP contribution is 2.20. The summed E-state index contributed by atoms with van der Waals surface area (Å²) in [6.07, 6.45) is 3.64. The number of carbonyl (C=O) groups excluding carboxylic acids is 1. The number of rotatable bonds is 3. The number of pyridine rings is 1. The summed E-state index contributed by atoms with van der Waals surface area (Å²) >= 11 is 11.7. The van der Waals surface area contributed by atoms with Gasteiger partial charge in [0.1, 0.15) is 0 Å². The zero-order chi connectivity index (χ0) is 12.3. The summed E-state index contributed by atoms with van der Waals surface area (Å²) in [6, 6.07) is 8.47. The highest BCUT2D eigenvalue weighted by molar-refractivity contribution is 6.35. The van der Waals surface area contributed by atoms with Crippen LogP contribution in [-0.4, -0.2) is 10.8 Å². The molecule has 0 N–H and O–H groups in total. The van der Waals surface area contributed by atoms with Crippen LogP contribution < -0.4 is 0 Å². The SMILES string of the molecule is O=C(Cc1ccncc1)c1cc(Cl)cc(Cl)c1. The molecule has 0 saturated heterocycles. The number of halogens is 2. The van der Waals surface area contributed by atoms with Gasteiger partial charge in [0.05, 0.1) is 0 Å². The molecule has 1 heterocycles. The lowest BCUT2D eigenvalue weighted by molar-refractivity contribution is 0.0993. The molecule has 2 nitrogen and oxygen atoms in total. The van der Waals surface area contributed by atoms with Crippen molar-refractivity contribution in [3.63, 3.8) is 0 Å². The normalized spacial score (nSPS) is 10.2. The van der Waals surface area contributed by atoms with Gasteiger partial charge >= 0.3 is 0 Å². The Morgan fingerprint density at radius 2 is 1.65 bits per heavy atom. The maximum atomic E-state index is 12.0. The zero-order valence-corrected chi connectivity index (χ0v) is 10.4. The molecular formula is C13H9Cl2NO. The van der Waals surface area contributed by atoms with Crippen LogP contribution in [0.4, 0.5) is 0 Å². The van der Waals surface area contributed by atoms with Crippen LogP contribution in [-0.2, 0) is 6.42 Å². The Morgan fingerprint density at radius 1 is 1.06 bits per heavy atom. The van der Waals surface area contributed by atoms with E-state index >= 15 is 0 Å². The molecule has 1 aromatic carbocycles. The second-order valence-corrected chi connectivity index (χ2v) is 4.49. The van der Waals surface area contributed by atoms with E-state index in [2.05, 4.69) is 4.98 Å². The Balaban J connectivity index is 2.20. The third-order valence-corrected chi connectivity index (χ3v) is 2.74. The summed E-state index contributed by atoms with van der Waals surface area (Å²) in [6.45, 7) is 0.